The van der Waals surface area contributed by atoms with Crippen molar-refractivity contribution >= 4 is 18.3 Å². The first kappa shape index (κ1) is 12.4. The minimum atomic E-state index is -4.56. The average molecular weight is 222 g/mol. The molecule has 74 valence electrons. The van der Waals surface area contributed by atoms with Gasteiger partial charge in [-0.1, -0.05) is 0 Å². The fourth-order valence-corrected chi connectivity index (χ4v) is 2.20. The molecule has 0 heterocycles. The second-order valence-corrected chi connectivity index (χ2v) is 5.26. The second kappa shape index (κ2) is 4.56. The Bertz CT molecular complexity index is 172. The van der Waals surface area contributed by atoms with Crippen molar-refractivity contribution in [1.29, 1.82) is 0 Å². The molecule has 12 heavy (non-hydrogen) atoms. The first-order chi connectivity index (χ1) is 5.37. The summed E-state index contributed by atoms with van der Waals surface area (Å²) in [5.74, 6) is -4.56. The lowest BCUT2D eigenvalue weighted by Gasteiger charge is -2.22. The molecule has 0 atom stereocenters. The molecule has 2 nitrogen and oxygen atoms in total. The van der Waals surface area contributed by atoms with E-state index in [1.807, 2.05) is 0 Å². The van der Waals surface area contributed by atoms with E-state index >= 15 is 0 Å². The maximum atomic E-state index is 12.2. The van der Waals surface area contributed by atoms with Crippen molar-refractivity contribution in [3.05, 3.63) is 0 Å². The highest BCUT2D eigenvalue weighted by molar-refractivity contribution is 8.10. The number of hydrogen-bond acceptors (Lipinski definition) is 3. The molecule has 0 saturated carbocycles. The average Bonchev–Trinajstić information content (AvgIpc) is 1.86. The van der Waals surface area contributed by atoms with E-state index in [1.54, 1.807) is 0 Å². The summed E-state index contributed by atoms with van der Waals surface area (Å²) >= 11 is 4.28. The Balaban J connectivity index is 4.51. The molecule has 0 amide bonds. The zero-order valence-corrected chi connectivity index (χ0v) is 8.43. The molecule has 7 heteroatoms. The van der Waals surface area contributed by atoms with Crippen LogP contribution in [0.5, 0.6) is 0 Å². The van der Waals surface area contributed by atoms with E-state index < -0.39 is 12.4 Å². The largest absolute Gasteiger partial charge is 0.464 e. The van der Waals surface area contributed by atoms with Crippen LogP contribution in [0.1, 0.15) is 13.8 Å². The van der Waals surface area contributed by atoms with Crippen molar-refractivity contribution in [3.63, 3.8) is 0 Å². The minimum Gasteiger partial charge on any atom is -0.323 e. The Morgan fingerprint density at radius 3 is 1.67 bits per heavy atom. The van der Waals surface area contributed by atoms with E-state index in [9.17, 15) is 13.2 Å². The quantitative estimate of drug-likeness (QED) is 0.681. The molecule has 0 aromatic carbocycles. The van der Waals surface area contributed by atoms with Crippen LogP contribution in [-0.2, 0) is 20.9 Å². The van der Waals surface area contributed by atoms with Crippen molar-refractivity contribution in [3.8, 4) is 0 Å². The molecule has 0 aliphatic heterocycles. The number of rotatable bonds is 4. The topological polar surface area (TPSA) is 18.5 Å². The lowest BCUT2D eigenvalue weighted by Crippen LogP contribution is -2.13. The summed E-state index contributed by atoms with van der Waals surface area (Å²) < 4.78 is 45.3. The molecule has 0 N–H and O–H groups in total. The Hall–Kier alpha value is 0.360. The standard InChI is InChI=1S/C5H10F3O2PS/c1-3-9-11(12,10-4-2)5(6,7)8/h3-4H2,1-2H3. The molecular formula is C5H10F3O2PS. The molecule has 0 aromatic rings. The molecular weight excluding hydrogens is 212 g/mol. The van der Waals surface area contributed by atoms with E-state index in [0.717, 1.165) is 0 Å². The van der Waals surface area contributed by atoms with Crippen LogP contribution in [0.25, 0.3) is 0 Å². The summed E-state index contributed by atoms with van der Waals surface area (Å²) in [6.45, 7) is -1.34. The highest BCUT2D eigenvalue weighted by atomic mass is 32.5. The third kappa shape index (κ3) is 3.01. The van der Waals surface area contributed by atoms with Crippen LogP contribution >= 0.6 is 6.49 Å². The molecule has 0 fully saturated rings. The summed E-state index contributed by atoms with van der Waals surface area (Å²) in [4.78, 5) is 0. The second-order valence-electron chi connectivity index (χ2n) is 1.80. The molecule has 0 spiro atoms. The molecule has 0 aliphatic rings. The lowest BCUT2D eigenvalue weighted by atomic mass is 10.9. The van der Waals surface area contributed by atoms with Crippen molar-refractivity contribution in [2.24, 2.45) is 0 Å². The van der Waals surface area contributed by atoms with Crippen molar-refractivity contribution in [1.82, 2.24) is 0 Å². The van der Waals surface area contributed by atoms with Gasteiger partial charge in [0.05, 0.1) is 13.2 Å². The third-order valence-corrected chi connectivity index (χ3v) is 3.98. The van der Waals surface area contributed by atoms with Crippen molar-refractivity contribution in [2.75, 3.05) is 13.2 Å². The van der Waals surface area contributed by atoms with E-state index in [1.165, 1.54) is 13.8 Å². The van der Waals surface area contributed by atoms with Crippen LogP contribution in [0.4, 0.5) is 13.2 Å². The highest BCUT2D eigenvalue weighted by Crippen LogP contribution is 2.62. The fraction of sp³-hybridized carbons (Fsp3) is 1.00. The molecule has 0 radical (unpaired) electrons. The van der Waals surface area contributed by atoms with E-state index in [2.05, 4.69) is 20.9 Å². The van der Waals surface area contributed by atoms with Crippen LogP contribution in [0, 0.1) is 0 Å². The predicted molar refractivity (Wildman–Crippen MR) is 43.6 cm³/mol. The maximum absolute atomic E-state index is 12.2. The summed E-state index contributed by atoms with van der Waals surface area (Å²) in [5, 5.41) is 0. The van der Waals surface area contributed by atoms with Crippen LogP contribution in [0.15, 0.2) is 0 Å². The monoisotopic (exact) mass is 222 g/mol. The van der Waals surface area contributed by atoms with Gasteiger partial charge in [-0.3, -0.25) is 0 Å². The Morgan fingerprint density at radius 2 is 1.50 bits per heavy atom. The smallest absolute Gasteiger partial charge is 0.323 e. The van der Waals surface area contributed by atoms with Gasteiger partial charge in [0.2, 0.25) is 0 Å². The summed E-state index contributed by atoms with van der Waals surface area (Å²) in [5.41, 5.74) is 0. The fourth-order valence-electron chi connectivity index (χ4n) is 0.524. The molecule has 0 bridgehead atoms. The Kier molecular flexibility index (Phi) is 4.69. The number of hydrogen-bond donors (Lipinski definition) is 0. The minimum absolute atomic E-state index is 0.0865. The van der Waals surface area contributed by atoms with Gasteiger partial charge in [0.1, 0.15) is 0 Å². The van der Waals surface area contributed by atoms with Gasteiger partial charge in [0, 0.05) is 0 Å². The molecule has 0 aromatic heterocycles. The van der Waals surface area contributed by atoms with Crippen LogP contribution in [0.2, 0.25) is 0 Å². The number of alkyl halides is 3. The van der Waals surface area contributed by atoms with Gasteiger partial charge >= 0.3 is 5.92 Å². The van der Waals surface area contributed by atoms with Gasteiger partial charge in [-0.05, 0) is 25.7 Å². The summed E-state index contributed by atoms with van der Waals surface area (Å²) in [6.07, 6.45) is 0. The molecule has 0 saturated heterocycles. The normalized spacial score (nSPS) is 13.4. The predicted octanol–water partition coefficient (Wildman–Crippen LogP) is 2.89. The van der Waals surface area contributed by atoms with E-state index in [-0.39, 0.29) is 13.2 Å². The van der Waals surface area contributed by atoms with Crippen molar-refractivity contribution in [2.45, 2.75) is 19.8 Å². The zero-order chi connectivity index (χ0) is 9.83. The highest BCUT2D eigenvalue weighted by Gasteiger charge is 2.49. The van der Waals surface area contributed by atoms with Crippen LogP contribution in [0.3, 0.4) is 0 Å². The molecule has 0 aliphatic carbocycles. The maximum Gasteiger partial charge on any atom is 0.464 e. The van der Waals surface area contributed by atoms with Gasteiger partial charge in [0.15, 0.2) is 0 Å². The van der Waals surface area contributed by atoms with Gasteiger partial charge in [-0.15, -0.1) is 0 Å². The van der Waals surface area contributed by atoms with Gasteiger partial charge in [0.25, 0.3) is 6.49 Å². The third-order valence-electron chi connectivity index (χ3n) is 0.909. The van der Waals surface area contributed by atoms with E-state index in [4.69, 9.17) is 0 Å². The molecule has 0 rings (SSSR count). The van der Waals surface area contributed by atoms with Crippen LogP contribution in [-0.4, -0.2) is 19.1 Å². The van der Waals surface area contributed by atoms with Crippen LogP contribution < -0.4 is 0 Å². The lowest BCUT2D eigenvalue weighted by molar-refractivity contribution is -0.0635. The summed E-state index contributed by atoms with van der Waals surface area (Å²) in [6, 6.07) is 0. The first-order valence-electron chi connectivity index (χ1n) is 3.33. The van der Waals surface area contributed by atoms with Gasteiger partial charge < -0.3 is 9.05 Å². The number of halogens is 3. The van der Waals surface area contributed by atoms with Crippen molar-refractivity contribution < 1.29 is 22.2 Å². The molecule has 0 unspecified atom stereocenters. The van der Waals surface area contributed by atoms with E-state index in [0.29, 0.717) is 0 Å². The SMILES string of the molecule is CCOP(=S)(OCC)C(F)(F)F. The Labute approximate surface area is 74.2 Å². The summed E-state index contributed by atoms with van der Waals surface area (Å²) in [7, 11) is 0. The Morgan fingerprint density at radius 1 is 1.17 bits per heavy atom. The zero-order valence-electron chi connectivity index (χ0n) is 6.72. The first-order valence-corrected chi connectivity index (χ1v) is 5.97. The van der Waals surface area contributed by atoms with Gasteiger partial charge in [-0.2, -0.15) is 13.2 Å². The van der Waals surface area contributed by atoms with Gasteiger partial charge in [-0.25, -0.2) is 0 Å².